The molecular weight excluding hydrogens is 462 g/mol. The first-order valence-corrected chi connectivity index (χ1v) is 11.3. The third-order valence-corrected chi connectivity index (χ3v) is 5.89. The van der Waals surface area contributed by atoms with E-state index in [1.54, 1.807) is 20.8 Å². The zero-order chi connectivity index (χ0) is 26.3. The first-order valence-electron chi connectivity index (χ1n) is 11.3. The minimum atomic E-state index is -1.44. The Morgan fingerprint density at radius 2 is 1.37 bits per heavy atom. The molecule has 1 heterocycles. The first-order chi connectivity index (χ1) is 16.5. The minimum Gasteiger partial charge on any atom is -0.459 e. The van der Waals surface area contributed by atoms with Crippen LogP contribution in [-0.2, 0) is 9.47 Å². The lowest BCUT2D eigenvalue weighted by Crippen LogP contribution is -2.73. The normalized spacial score (nSPS) is 17.3. The number of benzene rings is 1. The molecule has 1 aromatic rings. The van der Waals surface area contributed by atoms with E-state index in [4.69, 9.17) is 9.47 Å². The van der Waals surface area contributed by atoms with Gasteiger partial charge in [-0.15, -0.1) is 0 Å². The molecule has 0 bridgehead atoms. The highest BCUT2D eigenvalue weighted by Gasteiger charge is 2.55. The van der Waals surface area contributed by atoms with Gasteiger partial charge in [-0.3, -0.25) is 0 Å². The number of amides is 6. The number of esters is 2. The van der Waals surface area contributed by atoms with Gasteiger partial charge in [0.2, 0.25) is 0 Å². The lowest BCUT2D eigenvalue weighted by Gasteiger charge is -2.41. The molecule has 0 aromatic heterocycles. The molecule has 0 saturated carbocycles. The van der Waals surface area contributed by atoms with Crippen LogP contribution in [0.1, 0.15) is 47.9 Å². The predicted molar refractivity (Wildman–Crippen MR) is 121 cm³/mol. The van der Waals surface area contributed by atoms with E-state index in [9.17, 15) is 34.2 Å². The van der Waals surface area contributed by atoms with Crippen LogP contribution >= 0.6 is 0 Å². The molecule has 0 radical (unpaired) electrons. The van der Waals surface area contributed by atoms with Crippen molar-refractivity contribution in [3.63, 3.8) is 0 Å². The van der Waals surface area contributed by atoms with Gasteiger partial charge >= 0.3 is 30.0 Å². The number of aliphatic hydroxyl groups is 2. The van der Waals surface area contributed by atoms with Crippen molar-refractivity contribution in [1.29, 1.82) is 0 Å². The number of nitrogens with zero attached hydrogens (tertiary/aromatic N) is 3. The number of imide groups is 3. The largest absolute Gasteiger partial charge is 0.459 e. The van der Waals surface area contributed by atoms with E-state index in [1.165, 1.54) is 31.3 Å². The Bertz CT molecular complexity index is 977. The van der Waals surface area contributed by atoms with Crippen molar-refractivity contribution in [2.24, 2.45) is 0 Å². The Labute approximate surface area is 203 Å². The molecule has 1 aliphatic rings. The van der Waals surface area contributed by atoms with Gasteiger partial charge in [-0.1, -0.05) is 19.1 Å². The van der Waals surface area contributed by atoms with Gasteiger partial charge in [-0.05, 0) is 32.4 Å². The van der Waals surface area contributed by atoms with Crippen molar-refractivity contribution < 1.29 is 48.1 Å². The molecule has 12 nitrogen and oxygen atoms in total. The second kappa shape index (κ2) is 11.9. The molecule has 1 fully saturated rings. The summed E-state index contributed by atoms with van der Waals surface area (Å²) in [4.78, 5) is 64.6. The highest BCUT2D eigenvalue weighted by atomic mass is 16.5. The molecule has 6 amide bonds. The van der Waals surface area contributed by atoms with E-state index in [1.807, 2.05) is 0 Å². The summed E-state index contributed by atoms with van der Waals surface area (Å²) in [6.45, 7) is 3.94. The molecule has 12 heteroatoms. The first kappa shape index (κ1) is 27.9. The average Bonchev–Trinajstić information content (AvgIpc) is 2.87. The molecule has 2 unspecified atom stereocenters. The topological polar surface area (TPSA) is 151 Å². The van der Waals surface area contributed by atoms with Crippen LogP contribution in [0.4, 0.5) is 14.4 Å². The van der Waals surface area contributed by atoms with E-state index in [-0.39, 0.29) is 30.8 Å². The maximum atomic E-state index is 13.0. The van der Waals surface area contributed by atoms with Crippen molar-refractivity contribution in [2.75, 3.05) is 39.9 Å². The number of carbonyl (C=O) groups is 5. The summed E-state index contributed by atoms with van der Waals surface area (Å²) in [5.74, 6) is -1.75. The van der Waals surface area contributed by atoms with Gasteiger partial charge in [-0.25, -0.2) is 33.8 Å². The van der Waals surface area contributed by atoms with Crippen molar-refractivity contribution in [3.05, 3.63) is 35.4 Å². The van der Waals surface area contributed by atoms with Gasteiger partial charge in [-0.2, -0.15) is 4.48 Å². The maximum absolute atomic E-state index is 13.0. The lowest BCUT2D eigenvalue weighted by molar-refractivity contribution is -0.773. The van der Waals surface area contributed by atoms with Crippen molar-refractivity contribution in [3.8, 4) is 0 Å². The Hall–Kier alpha value is -3.35. The smallest absolute Gasteiger partial charge is 0.436 e. The number of rotatable bonds is 11. The van der Waals surface area contributed by atoms with Crippen LogP contribution in [-0.4, -0.2) is 107 Å². The van der Waals surface area contributed by atoms with Crippen LogP contribution in [0.2, 0.25) is 0 Å². The molecule has 1 aromatic carbocycles. The number of β-amino-alcohol motifs (C(OH)–C–C–N with tert-alkyl or cyclic N) is 1. The number of ether oxygens (including phenoxy) is 2. The summed E-state index contributed by atoms with van der Waals surface area (Å²) in [6.07, 6.45) is -1.89. The Morgan fingerprint density at radius 1 is 0.886 bits per heavy atom. The van der Waals surface area contributed by atoms with Crippen molar-refractivity contribution in [2.45, 2.75) is 39.4 Å². The van der Waals surface area contributed by atoms with Gasteiger partial charge in [0.05, 0.1) is 36.9 Å². The van der Waals surface area contributed by atoms with E-state index in [2.05, 4.69) is 0 Å². The number of quaternary nitrogens is 1. The molecule has 1 saturated heterocycles. The van der Waals surface area contributed by atoms with Gasteiger partial charge in [0.1, 0.15) is 19.3 Å². The van der Waals surface area contributed by atoms with Crippen molar-refractivity contribution in [1.82, 2.24) is 9.80 Å². The quantitative estimate of drug-likeness (QED) is 0.345. The number of urea groups is 3. The summed E-state index contributed by atoms with van der Waals surface area (Å²) in [6, 6.07) is 3.43. The Morgan fingerprint density at radius 3 is 1.83 bits per heavy atom. The summed E-state index contributed by atoms with van der Waals surface area (Å²) >= 11 is 0. The van der Waals surface area contributed by atoms with E-state index in [0.717, 1.165) is 9.80 Å². The number of hydrogen-bond donors (Lipinski definition) is 2. The maximum Gasteiger partial charge on any atom is 0.436 e. The van der Waals surface area contributed by atoms with Crippen LogP contribution in [0.25, 0.3) is 0 Å². The molecule has 1 aliphatic heterocycles. The lowest BCUT2D eigenvalue weighted by atomic mass is 10.1. The molecule has 0 spiro atoms. The fourth-order valence-electron chi connectivity index (χ4n) is 3.59. The van der Waals surface area contributed by atoms with Gasteiger partial charge in [0.25, 0.3) is 0 Å². The van der Waals surface area contributed by atoms with E-state index in [0.29, 0.717) is 6.42 Å². The minimum absolute atomic E-state index is 0.0789. The molecule has 35 heavy (non-hydrogen) atoms. The molecule has 0 aliphatic carbocycles. The third-order valence-electron chi connectivity index (χ3n) is 5.89. The van der Waals surface area contributed by atoms with Crippen LogP contribution in [0.15, 0.2) is 24.3 Å². The number of carbonyl (C=O) groups excluding carboxylic acids is 5. The van der Waals surface area contributed by atoms with Crippen LogP contribution in [0.5, 0.6) is 0 Å². The summed E-state index contributed by atoms with van der Waals surface area (Å²) in [5.41, 5.74) is -0.191. The zero-order valence-corrected chi connectivity index (χ0v) is 20.3. The standard InChI is InChI=1S/C23H32N3O9/c1-5-15(27)13-34-19(29)17-10-8-9-11-18(17)20(30)35-14-16(28)12-25-21(31)24(4)22(32)26(6-2,7-3)23(25)33/h8-11,15-16,27-28H,5-7,12-14H2,1-4H3/q+1. The van der Waals surface area contributed by atoms with Crippen LogP contribution < -0.4 is 0 Å². The van der Waals surface area contributed by atoms with Gasteiger partial charge in [0, 0.05) is 7.05 Å². The second-order valence-corrected chi connectivity index (χ2v) is 8.08. The highest BCUT2D eigenvalue weighted by molar-refractivity contribution is 6.05. The summed E-state index contributed by atoms with van der Waals surface area (Å²) in [5, 5.41) is 20.0. The average molecular weight is 495 g/mol. The van der Waals surface area contributed by atoms with Gasteiger partial charge < -0.3 is 19.7 Å². The van der Waals surface area contributed by atoms with Crippen LogP contribution in [0.3, 0.4) is 0 Å². The van der Waals surface area contributed by atoms with E-state index < -0.39 is 59.9 Å². The Balaban J connectivity index is 2.07. The fraction of sp³-hybridized carbons (Fsp3) is 0.522. The zero-order valence-electron chi connectivity index (χ0n) is 20.3. The SMILES string of the molecule is CCC(O)COC(=O)c1ccccc1C(=O)OCC(O)CN1C(=O)N(C)C(=O)[N+](CC)(CC)C1=O. The third kappa shape index (κ3) is 5.84. The number of hydrogen-bond acceptors (Lipinski definition) is 9. The fourth-order valence-corrected chi connectivity index (χ4v) is 3.59. The Kier molecular flexibility index (Phi) is 9.46. The van der Waals surface area contributed by atoms with Crippen molar-refractivity contribution >= 4 is 30.0 Å². The molecule has 192 valence electrons. The molecule has 2 N–H and O–H groups in total. The van der Waals surface area contributed by atoms with Gasteiger partial charge in [0.15, 0.2) is 0 Å². The monoisotopic (exact) mass is 494 g/mol. The second-order valence-electron chi connectivity index (χ2n) is 8.08. The number of aliphatic hydroxyl groups excluding tert-OH is 2. The molecule has 2 atom stereocenters. The summed E-state index contributed by atoms with van der Waals surface area (Å²) in [7, 11) is 1.25. The van der Waals surface area contributed by atoms with Crippen LogP contribution in [0, 0.1) is 0 Å². The molecular formula is C23H32N3O9+. The summed E-state index contributed by atoms with van der Waals surface area (Å²) < 4.78 is 9.52. The van der Waals surface area contributed by atoms with E-state index >= 15 is 0 Å². The predicted octanol–water partition coefficient (Wildman–Crippen LogP) is 1.60. The molecule has 2 rings (SSSR count). The highest BCUT2D eigenvalue weighted by Crippen LogP contribution is 2.23.